The van der Waals surface area contributed by atoms with Crippen LogP contribution in [0.15, 0.2) is 12.1 Å². The molecule has 21 heavy (non-hydrogen) atoms. The monoisotopic (exact) mass is 307 g/mol. The minimum Gasteiger partial charge on any atom is -0.465 e. The van der Waals surface area contributed by atoms with Gasteiger partial charge >= 0.3 is 5.97 Å². The van der Waals surface area contributed by atoms with Crippen molar-refractivity contribution in [2.24, 2.45) is 17.8 Å². The molecule has 0 aliphatic heterocycles. The summed E-state index contributed by atoms with van der Waals surface area (Å²) < 4.78 is 4.66. The third-order valence-corrected chi connectivity index (χ3v) is 6.07. The second-order valence-corrected chi connectivity index (χ2v) is 7.34. The van der Waals surface area contributed by atoms with E-state index in [1.807, 2.05) is 0 Å². The molecule has 4 nitrogen and oxygen atoms in total. The van der Waals surface area contributed by atoms with Crippen LogP contribution >= 0.6 is 11.3 Å². The number of nitrogens with one attached hydrogen (secondary N) is 1. The summed E-state index contributed by atoms with van der Waals surface area (Å²) in [4.78, 5) is 24.8. The van der Waals surface area contributed by atoms with Crippen molar-refractivity contribution in [2.45, 2.75) is 38.6 Å². The lowest BCUT2D eigenvalue weighted by molar-refractivity contribution is 0.0606. The predicted molar refractivity (Wildman–Crippen MR) is 81.5 cm³/mol. The predicted octanol–water partition coefficient (Wildman–Crippen LogP) is 3.09. The zero-order valence-electron chi connectivity index (χ0n) is 12.4. The zero-order chi connectivity index (χ0) is 15.0. The number of methoxy groups -OCH3 is 1. The first-order valence-electron chi connectivity index (χ1n) is 7.57. The summed E-state index contributed by atoms with van der Waals surface area (Å²) in [5.41, 5.74) is 0. The molecule has 114 valence electrons. The van der Waals surface area contributed by atoms with Crippen LogP contribution in [0.5, 0.6) is 0 Å². The highest BCUT2D eigenvalue weighted by Crippen LogP contribution is 2.49. The molecule has 4 atom stereocenters. The van der Waals surface area contributed by atoms with Crippen LogP contribution in [0.1, 0.15) is 52.0 Å². The molecular formula is C16H21NO3S. The Morgan fingerprint density at radius 1 is 1.29 bits per heavy atom. The molecule has 4 unspecified atom stereocenters. The Morgan fingerprint density at radius 2 is 2.05 bits per heavy atom. The highest BCUT2D eigenvalue weighted by atomic mass is 32.1. The first-order chi connectivity index (χ1) is 10.1. The number of hydrogen-bond donors (Lipinski definition) is 1. The topological polar surface area (TPSA) is 55.4 Å². The summed E-state index contributed by atoms with van der Waals surface area (Å²) >= 11 is 1.19. The number of rotatable bonds is 4. The molecule has 1 aromatic heterocycles. The van der Waals surface area contributed by atoms with E-state index in [2.05, 4.69) is 17.0 Å². The van der Waals surface area contributed by atoms with E-state index >= 15 is 0 Å². The molecule has 1 amide bonds. The number of carbonyl (C=O) groups is 2. The molecule has 5 heteroatoms. The highest BCUT2D eigenvalue weighted by molar-refractivity contribution is 7.15. The lowest BCUT2D eigenvalue weighted by atomic mass is 9.84. The Bertz CT molecular complexity index is 553. The van der Waals surface area contributed by atoms with E-state index in [0.717, 1.165) is 11.8 Å². The summed E-state index contributed by atoms with van der Waals surface area (Å²) in [6.07, 6.45) is 5.29. The summed E-state index contributed by atoms with van der Waals surface area (Å²) in [6.45, 7) is 2.11. The van der Waals surface area contributed by atoms with Crippen LogP contribution < -0.4 is 5.32 Å². The number of amides is 1. The van der Waals surface area contributed by atoms with Crippen molar-refractivity contribution >= 4 is 23.2 Å². The average molecular weight is 307 g/mol. The van der Waals surface area contributed by atoms with Crippen LogP contribution in [-0.2, 0) is 4.74 Å². The Hall–Kier alpha value is -1.36. The van der Waals surface area contributed by atoms with Gasteiger partial charge in [-0.25, -0.2) is 4.79 Å². The Kier molecular flexibility index (Phi) is 4.02. The van der Waals surface area contributed by atoms with Gasteiger partial charge in [-0.3, -0.25) is 4.79 Å². The maximum Gasteiger partial charge on any atom is 0.348 e. The molecule has 0 saturated heterocycles. The lowest BCUT2D eigenvalue weighted by Crippen LogP contribution is -2.39. The van der Waals surface area contributed by atoms with Crippen molar-refractivity contribution in [3.63, 3.8) is 0 Å². The molecule has 0 aromatic carbocycles. The minimum atomic E-state index is -0.389. The zero-order valence-corrected chi connectivity index (χ0v) is 13.2. The van der Waals surface area contributed by atoms with E-state index in [4.69, 9.17) is 0 Å². The number of hydrogen-bond acceptors (Lipinski definition) is 4. The third kappa shape index (κ3) is 2.84. The lowest BCUT2D eigenvalue weighted by Gasteiger charge is -2.28. The second-order valence-electron chi connectivity index (χ2n) is 6.26. The van der Waals surface area contributed by atoms with Crippen LogP contribution in [0.3, 0.4) is 0 Å². The van der Waals surface area contributed by atoms with E-state index in [1.165, 1.54) is 44.1 Å². The van der Waals surface area contributed by atoms with Gasteiger partial charge < -0.3 is 10.1 Å². The number of ether oxygens (including phenoxy) is 1. The van der Waals surface area contributed by atoms with Crippen LogP contribution in [-0.4, -0.2) is 25.0 Å². The van der Waals surface area contributed by atoms with E-state index in [1.54, 1.807) is 12.1 Å². The number of carbonyl (C=O) groups excluding carboxylic acids is 2. The molecule has 1 heterocycles. The standard InChI is InChI=1S/C16H21NO3S/c1-9(12-8-10-3-4-11(12)7-10)17-15(18)13-5-6-14(21-13)16(19)20-2/h5-6,9-12H,3-4,7-8H2,1-2H3,(H,17,18). The summed E-state index contributed by atoms with van der Waals surface area (Å²) in [5, 5.41) is 3.11. The maximum atomic E-state index is 12.3. The van der Waals surface area contributed by atoms with E-state index in [0.29, 0.717) is 15.7 Å². The van der Waals surface area contributed by atoms with Crippen molar-refractivity contribution in [3.05, 3.63) is 21.9 Å². The number of fused-ring (bicyclic) bond motifs is 2. The normalized spacial score (nSPS) is 28.4. The molecule has 0 spiro atoms. The third-order valence-electron chi connectivity index (χ3n) is 5.01. The molecule has 2 aliphatic rings. The Balaban J connectivity index is 1.61. The summed E-state index contributed by atoms with van der Waals surface area (Å²) in [6, 6.07) is 3.55. The molecule has 2 bridgehead atoms. The number of esters is 1. The van der Waals surface area contributed by atoms with Gasteiger partial charge in [-0.2, -0.15) is 0 Å². The molecular weight excluding hydrogens is 286 g/mol. The van der Waals surface area contributed by atoms with E-state index < -0.39 is 0 Å². The van der Waals surface area contributed by atoms with Gasteiger partial charge in [-0.15, -0.1) is 11.3 Å². The van der Waals surface area contributed by atoms with Crippen molar-refractivity contribution in [1.29, 1.82) is 0 Å². The van der Waals surface area contributed by atoms with Gasteiger partial charge in [-0.1, -0.05) is 6.42 Å². The molecule has 1 N–H and O–H groups in total. The fourth-order valence-corrected chi connectivity index (χ4v) is 4.79. The van der Waals surface area contributed by atoms with Gasteiger partial charge in [0, 0.05) is 6.04 Å². The van der Waals surface area contributed by atoms with Gasteiger partial charge in [0.05, 0.1) is 12.0 Å². The van der Waals surface area contributed by atoms with Crippen molar-refractivity contribution in [1.82, 2.24) is 5.32 Å². The van der Waals surface area contributed by atoms with E-state index in [9.17, 15) is 9.59 Å². The van der Waals surface area contributed by atoms with Gasteiger partial charge in [0.2, 0.25) is 0 Å². The fourth-order valence-electron chi connectivity index (χ4n) is 3.96. The molecule has 3 rings (SSSR count). The van der Waals surface area contributed by atoms with Crippen LogP contribution in [0.4, 0.5) is 0 Å². The van der Waals surface area contributed by atoms with Crippen LogP contribution in [0.25, 0.3) is 0 Å². The average Bonchev–Trinajstić information content (AvgIpc) is 3.21. The molecule has 2 saturated carbocycles. The van der Waals surface area contributed by atoms with Crippen molar-refractivity contribution < 1.29 is 14.3 Å². The SMILES string of the molecule is COC(=O)c1ccc(C(=O)NC(C)C2CC3CCC2C3)s1. The number of thiophene rings is 1. The minimum absolute atomic E-state index is 0.0783. The van der Waals surface area contributed by atoms with Gasteiger partial charge in [0.1, 0.15) is 4.88 Å². The molecule has 0 radical (unpaired) electrons. The maximum absolute atomic E-state index is 12.3. The Morgan fingerprint density at radius 3 is 2.67 bits per heavy atom. The van der Waals surface area contributed by atoms with Crippen LogP contribution in [0, 0.1) is 17.8 Å². The second kappa shape index (κ2) is 5.79. The van der Waals surface area contributed by atoms with Gasteiger partial charge in [-0.05, 0) is 56.1 Å². The summed E-state index contributed by atoms with van der Waals surface area (Å²) in [5.74, 6) is 1.82. The van der Waals surface area contributed by atoms with Crippen molar-refractivity contribution in [2.75, 3.05) is 7.11 Å². The smallest absolute Gasteiger partial charge is 0.348 e. The molecule has 2 fully saturated rings. The first-order valence-corrected chi connectivity index (χ1v) is 8.39. The molecule has 1 aromatic rings. The quantitative estimate of drug-likeness (QED) is 0.870. The largest absolute Gasteiger partial charge is 0.465 e. The van der Waals surface area contributed by atoms with Gasteiger partial charge in [0.25, 0.3) is 5.91 Å². The highest BCUT2D eigenvalue weighted by Gasteiger charge is 2.42. The fraction of sp³-hybridized carbons (Fsp3) is 0.625. The van der Waals surface area contributed by atoms with Crippen molar-refractivity contribution in [3.8, 4) is 0 Å². The summed E-state index contributed by atoms with van der Waals surface area (Å²) in [7, 11) is 1.35. The first kappa shape index (κ1) is 14.6. The van der Waals surface area contributed by atoms with Crippen LogP contribution in [0.2, 0.25) is 0 Å². The van der Waals surface area contributed by atoms with Gasteiger partial charge in [0.15, 0.2) is 0 Å². The Labute approximate surface area is 128 Å². The van der Waals surface area contributed by atoms with E-state index in [-0.39, 0.29) is 17.9 Å². The molecule has 2 aliphatic carbocycles.